The topological polar surface area (TPSA) is 68.5 Å². The van der Waals surface area contributed by atoms with Gasteiger partial charge in [-0.3, -0.25) is 9.59 Å². The van der Waals surface area contributed by atoms with Gasteiger partial charge >= 0.3 is 0 Å². The van der Waals surface area contributed by atoms with Gasteiger partial charge in [0.15, 0.2) is 11.9 Å². The first kappa shape index (κ1) is 23.3. The van der Waals surface area contributed by atoms with Crippen LogP contribution in [0.1, 0.15) is 54.9 Å². The van der Waals surface area contributed by atoms with E-state index >= 15 is 0 Å². The Hall–Kier alpha value is -3.86. The molecule has 3 aromatic carbocycles. The van der Waals surface area contributed by atoms with Crippen molar-refractivity contribution in [3.05, 3.63) is 95.2 Å². The highest BCUT2D eigenvalue weighted by molar-refractivity contribution is 6.17. The molecule has 0 unspecified atom stereocenters. The summed E-state index contributed by atoms with van der Waals surface area (Å²) in [4.78, 5) is 26.3. The Bertz CT molecular complexity index is 1330. The lowest BCUT2D eigenvalue weighted by Crippen LogP contribution is -2.30. The summed E-state index contributed by atoms with van der Waals surface area (Å²) in [6, 6.07) is 22.2. The van der Waals surface area contributed by atoms with Crippen LogP contribution in [0.15, 0.2) is 77.2 Å². The Morgan fingerprint density at radius 1 is 0.912 bits per heavy atom. The highest BCUT2D eigenvalue weighted by atomic mass is 16.5. The van der Waals surface area contributed by atoms with Crippen molar-refractivity contribution < 1.29 is 18.7 Å². The van der Waals surface area contributed by atoms with Gasteiger partial charge in [0.05, 0.1) is 5.69 Å². The first-order chi connectivity index (χ1) is 16.1. The van der Waals surface area contributed by atoms with Crippen molar-refractivity contribution in [3.63, 3.8) is 0 Å². The van der Waals surface area contributed by atoms with E-state index in [0.717, 1.165) is 5.56 Å². The van der Waals surface area contributed by atoms with Crippen molar-refractivity contribution in [2.24, 2.45) is 0 Å². The quantitative estimate of drug-likeness (QED) is 0.330. The molecule has 0 saturated heterocycles. The highest BCUT2D eigenvalue weighted by Gasteiger charge is 2.25. The van der Waals surface area contributed by atoms with Gasteiger partial charge in [0, 0.05) is 10.9 Å². The number of carbonyl (C=O) groups excluding carboxylic acids is 2. The highest BCUT2D eigenvalue weighted by Crippen LogP contribution is 2.33. The minimum Gasteiger partial charge on any atom is -0.481 e. The van der Waals surface area contributed by atoms with E-state index in [1.54, 1.807) is 25.1 Å². The number of fused-ring (bicyclic) bond motifs is 1. The summed E-state index contributed by atoms with van der Waals surface area (Å²) in [5.74, 6) is 0.0334. The fourth-order valence-electron chi connectivity index (χ4n) is 3.68. The Morgan fingerprint density at radius 3 is 2.21 bits per heavy atom. The second-order valence-electron chi connectivity index (χ2n) is 9.52. The SMILES string of the molecule is Cc1ccc(C(=O)c2oc3ccccc3c2NC(=O)[C@H](C)Oc2ccc(C(C)(C)C)cc2)cc1. The molecule has 0 radical (unpaired) electrons. The van der Waals surface area contributed by atoms with Crippen molar-refractivity contribution in [1.82, 2.24) is 0 Å². The summed E-state index contributed by atoms with van der Waals surface area (Å²) in [5.41, 5.74) is 3.63. The third-order valence-electron chi connectivity index (χ3n) is 5.77. The van der Waals surface area contributed by atoms with Gasteiger partial charge in [-0.2, -0.15) is 0 Å². The zero-order valence-electron chi connectivity index (χ0n) is 20.1. The maximum absolute atomic E-state index is 13.2. The van der Waals surface area contributed by atoms with Crippen LogP contribution in [-0.4, -0.2) is 17.8 Å². The maximum Gasteiger partial charge on any atom is 0.265 e. The van der Waals surface area contributed by atoms with Crippen LogP contribution in [0.3, 0.4) is 0 Å². The van der Waals surface area contributed by atoms with Gasteiger partial charge in [-0.15, -0.1) is 0 Å². The molecule has 0 bridgehead atoms. The van der Waals surface area contributed by atoms with Crippen LogP contribution in [0.2, 0.25) is 0 Å². The Kier molecular flexibility index (Phi) is 6.29. The predicted molar refractivity (Wildman–Crippen MR) is 135 cm³/mol. The second-order valence-corrected chi connectivity index (χ2v) is 9.52. The molecule has 4 aromatic rings. The lowest BCUT2D eigenvalue weighted by Gasteiger charge is -2.20. The number of nitrogens with one attached hydrogen (secondary N) is 1. The van der Waals surface area contributed by atoms with Gasteiger partial charge < -0.3 is 14.5 Å². The molecule has 1 N–H and O–H groups in total. The number of ether oxygens (including phenoxy) is 1. The van der Waals surface area contributed by atoms with Crippen molar-refractivity contribution >= 4 is 28.3 Å². The summed E-state index contributed by atoms with van der Waals surface area (Å²) in [5, 5.41) is 3.53. The number of rotatable bonds is 6. The molecule has 0 aliphatic heterocycles. The molecule has 0 aliphatic carbocycles. The van der Waals surface area contributed by atoms with Gasteiger partial charge in [-0.05, 0) is 49.1 Å². The number of aryl methyl sites for hydroxylation is 1. The largest absolute Gasteiger partial charge is 0.481 e. The third-order valence-corrected chi connectivity index (χ3v) is 5.77. The molecule has 34 heavy (non-hydrogen) atoms. The first-order valence-corrected chi connectivity index (χ1v) is 11.3. The molecule has 5 nitrogen and oxygen atoms in total. The second kappa shape index (κ2) is 9.18. The Morgan fingerprint density at radius 2 is 1.56 bits per heavy atom. The van der Waals surface area contributed by atoms with Crippen LogP contribution in [0.4, 0.5) is 5.69 Å². The molecule has 4 rings (SSSR count). The minimum atomic E-state index is -0.781. The number of para-hydroxylation sites is 1. The number of amides is 1. The summed E-state index contributed by atoms with van der Waals surface area (Å²) in [6.45, 7) is 10.1. The fourth-order valence-corrected chi connectivity index (χ4v) is 3.68. The molecular weight excluding hydrogens is 426 g/mol. The van der Waals surface area contributed by atoms with Crippen LogP contribution in [-0.2, 0) is 10.2 Å². The van der Waals surface area contributed by atoms with Gasteiger partial charge in [0.1, 0.15) is 11.3 Å². The number of hydrogen-bond acceptors (Lipinski definition) is 4. The summed E-state index contributed by atoms with van der Waals surface area (Å²) in [7, 11) is 0. The monoisotopic (exact) mass is 455 g/mol. The van der Waals surface area contributed by atoms with Crippen molar-refractivity contribution in [2.75, 3.05) is 5.32 Å². The normalized spacial score (nSPS) is 12.4. The zero-order valence-corrected chi connectivity index (χ0v) is 20.1. The smallest absolute Gasteiger partial charge is 0.265 e. The van der Waals surface area contributed by atoms with Crippen molar-refractivity contribution in [2.45, 2.75) is 46.1 Å². The average molecular weight is 456 g/mol. The van der Waals surface area contributed by atoms with Crippen molar-refractivity contribution in [1.29, 1.82) is 0 Å². The van der Waals surface area contributed by atoms with E-state index in [2.05, 4.69) is 26.1 Å². The van der Waals surface area contributed by atoms with E-state index in [1.165, 1.54) is 5.56 Å². The van der Waals surface area contributed by atoms with Crippen LogP contribution in [0.5, 0.6) is 5.75 Å². The molecule has 1 heterocycles. The van der Waals surface area contributed by atoms with Crippen LogP contribution in [0, 0.1) is 6.92 Å². The number of ketones is 1. The van der Waals surface area contributed by atoms with E-state index in [4.69, 9.17) is 9.15 Å². The Labute approximate surface area is 199 Å². The van der Waals surface area contributed by atoms with E-state index in [-0.39, 0.29) is 22.9 Å². The van der Waals surface area contributed by atoms with Gasteiger partial charge in [0.2, 0.25) is 5.78 Å². The fraction of sp³-hybridized carbons (Fsp3) is 0.241. The van der Waals surface area contributed by atoms with E-state index < -0.39 is 6.10 Å². The molecule has 1 aromatic heterocycles. The van der Waals surface area contributed by atoms with Gasteiger partial charge in [0.25, 0.3) is 5.91 Å². The van der Waals surface area contributed by atoms with Gasteiger partial charge in [-0.1, -0.05) is 74.9 Å². The third kappa shape index (κ3) is 4.88. The van der Waals surface area contributed by atoms with Gasteiger partial charge in [-0.25, -0.2) is 0 Å². The number of furan rings is 1. The molecule has 0 spiro atoms. The van der Waals surface area contributed by atoms with Crippen LogP contribution >= 0.6 is 0 Å². The van der Waals surface area contributed by atoms with E-state index in [9.17, 15) is 9.59 Å². The summed E-state index contributed by atoms with van der Waals surface area (Å²) >= 11 is 0. The summed E-state index contributed by atoms with van der Waals surface area (Å²) < 4.78 is 11.8. The van der Waals surface area contributed by atoms with E-state index in [1.807, 2.05) is 61.5 Å². The maximum atomic E-state index is 13.2. The minimum absolute atomic E-state index is 0.0320. The molecule has 0 fully saturated rings. The molecule has 0 aliphatic rings. The van der Waals surface area contributed by atoms with Crippen LogP contribution in [0.25, 0.3) is 11.0 Å². The standard InChI is InChI=1S/C29H29NO4/c1-18-10-12-20(13-11-18)26(31)27-25(23-8-6-7-9-24(23)34-27)30-28(32)19(2)33-22-16-14-21(15-17-22)29(3,4)5/h6-17,19H,1-5H3,(H,30,32)/t19-/m0/s1. The lowest BCUT2D eigenvalue weighted by atomic mass is 9.87. The predicted octanol–water partition coefficient (Wildman–Crippen LogP) is 6.68. The number of benzene rings is 3. The number of hydrogen-bond donors (Lipinski definition) is 1. The van der Waals surface area contributed by atoms with E-state index in [0.29, 0.717) is 28.0 Å². The molecule has 1 amide bonds. The lowest BCUT2D eigenvalue weighted by molar-refractivity contribution is -0.122. The zero-order chi connectivity index (χ0) is 24.5. The molecule has 5 heteroatoms. The molecule has 1 atom stereocenters. The summed E-state index contributed by atoms with van der Waals surface area (Å²) in [6.07, 6.45) is -0.781. The average Bonchev–Trinajstić information content (AvgIpc) is 3.17. The first-order valence-electron chi connectivity index (χ1n) is 11.3. The Balaban J connectivity index is 1.58. The molecule has 174 valence electrons. The molecular formula is C29H29NO4. The number of carbonyl (C=O) groups is 2. The number of anilines is 1. The molecule has 0 saturated carbocycles. The van der Waals surface area contributed by atoms with Crippen molar-refractivity contribution in [3.8, 4) is 5.75 Å². The van der Waals surface area contributed by atoms with Crippen LogP contribution < -0.4 is 10.1 Å².